The van der Waals surface area contributed by atoms with Crippen LogP contribution in [0.25, 0.3) is 5.57 Å². The molecule has 0 fully saturated rings. The van der Waals surface area contributed by atoms with Crippen molar-refractivity contribution in [2.75, 3.05) is 0 Å². The van der Waals surface area contributed by atoms with Crippen LogP contribution in [-0.2, 0) is 9.22 Å². The Hall–Kier alpha value is -1.46. The van der Waals surface area contributed by atoms with Crippen LogP contribution >= 0.6 is 0 Å². The number of hydrogen-bond donors (Lipinski definition) is 1. The van der Waals surface area contributed by atoms with Crippen molar-refractivity contribution in [2.45, 2.75) is 51.4 Å². The Balaban J connectivity index is 2.40. The van der Waals surface area contributed by atoms with E-state index in [0.29, 0.717) is 6.42 Å². The van der Waals surface area contributed by atoms with E-state index in [9.17, 15) is 9.18 Å². The van der Waals surface area contributed by atoms with Crippen molar-refractivity contribution in [2.24, 2.45) is 5.73 Å². The molecule has 120 valence electrons. The first-order valence-corrected chi connectivity index (χ1v) is 10.4. The van der Waals surface area contributed by atoms with Crippen molar-refractivity contribution >= 4 is 19.8 Å². The summed E-state index contributed by atoms with van der Waals surface area (Å²) in [7, 11) is -1.96. The SMILES string of the molecule is CC(C)(C)[Si](C)(C)OC1C/C(=C/C(N)=O)c2cc(F)ccc21. The lowest BCUT2D eigenvalue weighted by molar-refractivity contribution is -0.113. The van der Waals surface area contributed by atoms with Gasteiger partial charge in [-0.05, 0) is 47.0 Å². The number of nitrogens with two attached hydrogens (primary N) is 1. The highest BCUT2D eigenvalue weighted by atomic mass is 28.4. The van der Waals surface area contributed by atoms with Gasteiger partial charge in [0.25, 0.3) is 0 Å². The molecule has 1 aliphatic rings. The Morgan fingerprint density at radius 2 is 2.05 bits per heavy atom. The predicted octanol–water partition coefficient (Wildman–Crippen LogP) is 4.16. The highest BCUT2D eigenvalue weighted by Gasteiger charge is 2.41. The smallest absolute Gasteiger partial charge is 0.241 e. The average Bonchev–Trinajstić information content (AvgIpc) is 2.64. The van der Waals surface area contributed by atoms with E-state index >= 15 is 0 Å². The third-order valence-electron chi connectivity index (χ3n) is 4.67. The van der Waals surface area contributed by atoms with E-state index in [-0.39, 0.29) is 17.0 Å². The number of fused-ring (bicyclic) bond motifs is 1. The molecule has 0 saturated heterocycles. The van der Waals surface area contributed by atoms with Crippen LogP contribution < -0.4 is 5.73 Å². The minimum absolute atomic E-state index is 0.0867. The Morgan fingerprint density at radius 1 is 1.41 bits per heavy atom. The summed E-state index contributed by atoms with van der Waals surface area (Å²) in [5, 5.41) is 0.0867. The zero-order valence-electron chi connectivity index (χ0n) is 13.9. The van der Waals surface area contributed by atoms with Gasteiger partial charge in [0.2, 0.25) is 5.91 Å². The van der Waals surface area contributed by atoms with Crippen LogP contribution in [0.4, 0.5) is 4.39 Å². The zero-order chi connectivity index (χ0) is 16.7. The summed E-state index contributed by atoms with van der Waals surface area (Å²) in [4.78, 5) is 11.2. The lowest BCUT2D eigenvalue weighted by Crippen LogP contribution is -2.41. The van der Waals surface area contributed by atoms with Crippen LogP contribution in [0.15, 0.2) is 24.3 Å². The molecule has 0 aromatic heterocycles. The second-order valence-corrected chi connectivity index (χ2v) is 12.1. The number of hydrogen-bond acceptors (Lipinski definition) is 2. The summed E-state index contributed by atoms with van der Waals surface area (Å²) in [6, 6.07) is 4.65. The van der Waals surface area contributed by atoms with Crippen LogP contribution in [-0.4, -0.2) is 14.2 Å². The number of halogens is 1. The maximum absolute atomic E-state index is 13.6. The van der Waals surface area contributed by atoms with Crippen LogP contribution in [0.2, 0.25) is 18.1 Å². The molecule has 1 amide bonds. The van der Waals surface area contributed by atoms with Crippen molar-refractivity contribution in [3.8, 4) is 0 Å². The number of carbonyl (C=O) groups excluding carboxylic acids is 1. The van der Waals surface area contributed by atoms with Crippen LogP contribution in [0.1, 0.15) is 44.4 Å². The molecule has 1 atom stereocenters. The molecule has 1 aliphatic carbocycles. The Labute approximate surface area is 132 Å². The van der Waals surface area contributed by atoms with E-state index in [1.165, 1.54) is 18.2 Å². The molecule has 2 N–H and O–H groups in total. The fraction of sp³-hybridized carbons (Fsp3) is 0.471. The van der Waals surface area contributed by atoms with Gasteiger partial charge < -0.3 is 10.2 Å². The molecule has 0 saturated carbocycles. The third kappa shape index (κ3) is 3.30. The molecule has 22 heavy (non-hydrogen) atoms. The fourth-order valence-corrected chi connectivity index (χ4v) is 3.73. The van der Waals surface area contributed by atoms with Gasteiger partial charge in [-0.1, -0.05) is 26.8 Å². The topological polar surface area (TPSA) is 52.3 Å². The van der Waals surface area contributed by atoms with Crippen molar-refractivity contribution < 1.29 is 13.6 Å². The highest BCUT2D eigenvalue weighted by Crippen LogP contribution is 2.47. The molecular weight excluding hydrogens is 297 g/mol. The monoisotopic (exact) mass is 321 g/mol. The molecule has 0 bridgehead atoms. The minimum Gasteiger partial charge on any atom is -0.410 e. The maximum atomic E-state index is 13.6. The molecule has 1 aromatic carbocycles. The van der Waals surface area contributed by atoms with E-state index in [4.69, 9.17) is 10.2 Å². The second-order valence-electron chi connectivity index (χ2n) is 7.37. The molecule has 0 spiro atoms. The number of rotatable bonds is 3. The van der Waals surface area contributed by atoms with Gasteiger partial charge in [-0.15, -0.1) is 0 Å². The van der Waals surface area contributed by atoms with E-state index in [2.05, 4.69) is 33.9 Å². The zero-order valence-corrected chi connectivity index (χ0v) is 14.9. The van der Waals surface area contributed by atoms with Gasteiger partial charge in [0.15, 0.2) is 8.32 Å². The van der Waals surface area contributed by atoms with Crippen molar-refractivity contribution in [1.29, 1.82) is 0 Å². The van der Waals surface area contributed by atoms with Crippen molar-refractivity contribution in [3.05, 3.63) is 41.2 Å². The number of primary amides is 1. The number of amides is 1. The molecule has 2 rings (SSSR count). The number of benzene rings is 1. The normalized spacial score (nSPS) is 20.3. The second kappa shape index (κ2) is 5.63. The maximum Gasteiger partial charge on any atom is 0.241 e. The largest absolute Gasteiger partial charge is 0.410 e. The summed E-state index contributed by atoms with van der Waals surface area (Å²) in [5.41, 5.74) is 7.71. The van der Waals surface area contributed by atoms with Gasteiger partial charge >= 0.3 is 0 Å². The molecular formula is C17H24FNO2Si. The van der Waals surface area contributed by atoms with Gasteiger partial charge in [0.05, 0.1) is 6.10 Å². The van der Waals surface area contributed by atoms with E-state index < -0.39 is 14.2 Å². The Morgan fingerprint density at radius 3 is 2.59 bits per heavy atom. The summed E-state index contributed by atoms with van der Waals surface area (Å²) < 4.78 is 20.0. The van der Waals surface area contributed by atoms with Gasteiger partial charge in [-0.2, -0.15) is 0 Å². The summed E-state index contributed by atoms with van der Waals surface area (Å²) in [6.45, 7) is 10.9. The Kier molecular flexibility index (Phi) is 4.32. The highest BCUT2D eigenvalue weighted by molar-refractivity contribution is 6.74. The average molecular weight is 321 g/mol. The summed E-state index contributed by atoms with van der Waals surface area (Å²) in [6.07, 6.45) is 1.81. The Bertz CT molecular complexity index is 632. The molecule has 5 heteroatoms. The first-order chi connectivity index (χ1) is 10.0. The summed E-state index contributed by atoms with van der Waals surface area (Å²) in [5.74, 6) is -0.833. The fourth-order valence-electron chi connectivity index (χ4n) is 2.45. The quantitative estimate of drug-likeness (QED) is 0.671. The predicted molar refractivity (Wildman–Crippen MR) is 89.2 cm³/mol. The lowest BCUT2D eigenvalue weighted by Gasteiger charge is -2.38. The first-order valence-electron chi connectivity index (χ1n) is 7.49. The van der Waals surface area contributed by atoms with Crippen LogP contribution in [0.3, 0.4) is 0 Å². The van der Waals surface area contributed by atoms with Gasteiger partial charge in [0, 0.05) is 12.5 Å². The van der Waals surface area contributed by atoms with Crippen LogP contribution in [0, 0.1) is 5.82 Å². The molecule has 1 unspecified atom stereocenters. The standard InChI is InChI=1S/C17H24FNO2Si/c1-17(2,3)22(4,5)21-15-8-11(9-16(19)20)14-10-12(18)6-7-13(14)15/h6-7,9-10,15H,8H2,1-5H3,(H2,19,20)/b11-9-. The first kappa shape index (κ1) is 16.9. The molecule has 0 aliphatic heterocycles. The molecule has 0 radical (unpaired) electrons. The summed E-state index contributed by atoms with van der Waals surface area (Å²) >= 11 is 0. The third-order valence-corrected chi connectivity index (χ3v) is 9.16. The molecule has 0 heterocycles. The van der Waals surface area contributed by atoms with Gasteiger partial charge in [-0.25, -0.2) is 4.39 Å². The number of carbonyl (C=O) groups is 1. The van der Waals surface area contributed by atoms with E-state index in [0.717, 1.165) is 16.7 Å². The molecule has 3 nitrogen and oxygen atoms in total. The van der Waals surface area contributed by atoms with Crippen molar-refractivity contribution in [1.82, 2.24) is 0 Å². The lowest BCUT2D eigenvalue weighted by atomic mass is 10.1. The minimum atomic E-state index is -1.96. The van der Waals surface area contributed by atoms with Crippen LogP contribution in [0.5, 0.6) is 0 Å². The van der Waals surface area contributed by atoms with E-state index in [1.807, 2.05) is 0 Å². The van der Waals surface area contributed by atoms with E-state index in [1.54, 1.807) is 6.07 Å². The molecule has 1 aromatic rings. The van der Waals surface area contributed by atoms with Gasteiger partial charge in [-0.3, -0.25) is 4.79 Å². The van der Waals surface area contributed by atoms with Gasteiger partial charge in [0.1, 0.15) is 5.82 Å². The van der Waals surface area contributed by atoms with Crippen molar-refractivity contribution in [3.63, 3.8) is 0 Å².